The van der Waals surface area contributed by atoms with Gasteiger partial charge in [-0.3, -0.25) is 4.79 Å². The van der Waals surface area contributed by atoms with Crippen LogP contribution in [0.25, 0.3) is 11.0 Å². The molecular formula is C18H14Br2N2O4. The molecule has 2 N–H and O–H groups in total. The first-order chi connectivity index (χ1) is 12.5. The van der Waals surface area contributed by atoms with E-state index in [1.165, 1.54) is 12.3 Å². The third kappa shape index (κ3) is 4.08. The van der Waals surface area contributed by atoms with Crippen molar-refractivity contribution in [2.45, 2.75) is 6.92 Å². The standard InChI is InChI=1S/C18H14Br2N2O4/c1-2-25-16-7-11(13(20)8-14(16)23)9-21-22-18(24)17-6-10-5-12(19)3-4-15(10)26-17/h3-9,23H,2H2,1H3,(H,22,24). The minimum Gasteiger partial charge on any atom is -0.504 e. The van der Waals surface area contributed by atoms with Gasteiger partial charge in [0.1, 0.15) is 5.58 Å². The summed E-state index contributed by atoms with van der Waals surface area (Å²) in [5, 5.41) is 14.6. The van der Waals surface area contributed by atoms with E-state index >= 15 is 0 Å². The predicted octanol–water partition coefficient (Wildman–Crippen LogP) is 4.83. The van der Waals surface area contributed by atoms with Crippen LogP contribution in [0.2, 0.25) is 0 Å². The molecule has 1 heterocycles. The average Bonchev–Trinajstić information content (AvgIpc) is 3.02. The van der Waals surface area contributed by atoms with Gasteiger partial charge in [-0.1, -0.05) is 15.9 Å². The Balaban J connectivity index is 1.75. The van der Waals surface area contributed by atoms with Gasteiger partial charge in [0.15, 0.2) is 17.3 Å². The number of fused-ring (bicyclic) bond motifs is 1. The van der Waals surface area contributed by atoms with E-state index in [2.05, 4.69) is 42.4 Å². The first-order valence-electron chi connectivity index (χ1n) is 7.65. The Morgan fingerprint density at radius 1 is 1.31 bits per heavy atom. The van der Waals surface area contributed by atoms with Crippen molar-refractivity contribution in [2.24, 2.45) is 5.10 Å². The van der Waals surface area contributed by atoms with E-state index in [1.54, 1.807) is 18.2 Å². The van der Waals surface area contributed by atoms with Crippen LogP contribution in [0.1, 0.15) is 23.0 Å². The summed E-state index contributed by atoms with van der Waals surface area (Å²) in [6.07, 6.45) is 1.45. The zero-order chi connectivity index (χ0) is 18.7. The zero-order valence-corrected chi connectivity index (χ0v) is 16.8. The van der Waals surface area contributed by atoms with Gasteiger partial charge in [-0.15, -0.1) is 0 Å². The maximum atomic E-state index is 12.2. The molecule has 8 heteroatoms. The number of benzene rings is 2. The number of hydrogen-bond acceptors (Lipinski definition) is 5. The lowest BCUT2D eigenvalue weighted by Gasteiger charge is -2.08. The molecule has 3 rings (SSSR count). The molecule has 1 aromatic heterocycles. The van der Waals surface area contributed by atoms with E-state index in [9.17, 15) is 9.90 Å². The van der Waals surface area contributed by atoms with Crippen LogP contribution < -0.4 is 10.2 Å². The number of phenolic OH excluding ortho intramolecular Hbond substituents is 1. The van der Waals surface area contributed by atoms with Gasteiger partial charge in [0, 0.05) is 19.9 Å². The fourth-order valence-corrected chi connectivity index (χ4v) is 3.08. The highest BCUT2D eigenvalue weighted by atomic mass is 79.9. The molecule has 0 fully saturated rings. The second-order valence-electron chi connectivity index (χ2n) is 5.27. The van der Waals surface area contributed by atoms with Gasteiger partial charge in [-0.25, -0.2) is 5.43 Å². The van der Waals surface area contributed by atoms with Crippen LogP contribution in [0, 0.1) is 0 Å². The van der Waals surface area contributed by atoms with E-state index in [4.69, 9.17) is 9.15 Å². The third-order valence-corrected chi connectivity index (χ3v) is 4.63. The van der Waals surface area contributed by atoms with Crippen molar-refractivity contribution in [3.05, 3.63) is 56.7 Å². The summed E-state index contributed by atoms with van der Waals surface area (Å²) in [7, 11) is 0. The molecule has 0 aliphatic heterocycles. The summed E-state index contributed by atoms with van der Waals surface area (Å²) in [6, 6.07) is 10.3. The van der Waals surface area contributed by atoms with E-state index in [0.717, 1.165) is 9.86 Å². The Labute approximate surface area is 166 Å². The first-order valence-corrected chi connectivity index (χ1v) is 9.24. The van der Waals surface area contributed by atoms with E-state index < -0.39 is 5.91 Å². The molecule has 0 saturated heterocycles. The highest BCUT2D eigenvalue weighted by Crippen LogP contribution is 2.31. The van der Waals surface area contributed by atoms with Crippen LogP contribution in [0.5, 0.6) is 11.5 Å². The van der Waals surface area contributed by atoms with Crippen LogP contribution in [-0.2, 0) is 0 Å². The van der Waals surface area contributed by atoms with Crippen molar-refractivity contribution in [3.8, 4) is 11.5 Å². The third-order valence-electron chi connectivity index (χ3n) is 3.45. The van der Waals surface area contributed by atoms with Crippen molar-refractivity contribution in [3.63, 3.8) is 0 Å². The number of ether oxygens (including phenoxy) is 1. The van der Waals surface area contributed by atoms with Gasteiger partial charge in [0.05, 0.1) is 12.8 Å². The summed E-state index contributed by atoms with van der Waals surface area (Å²) in [5.74, 6) is 0.0585. The number of nitrogens with zero attached hydrogens (tertiary/aromatic N) is 1. The second-order valence-corrected chi connectivity index (χ2v) is 7.04. The number of hydrogen-bond donors (Lipinski definition) is 2. The van der Waals surface area contributed by atoms with Gasteiger partial charge in [-0.05, 0) is 59.3 Å². The molecule has 0 spiro atoms. The van der Waals surface area contributed by atoms with Crippen LogP contribution in [-0.4, -0.2) is 23.8 Å². The Morgan fingerprint density at radius 3 is 2.88 bits per heavy atom. The van der Waals surface area contributed by atoms with Gasteiger partial charge >= 0.3 is 5.91 Å². The number of halogens is 2. The molecule has 134 valence electrons. The van der Waals surface area contributed by atoms with Crippen molar-refractivity contribution >= 4 is 55.0 Å². The maximum Gasteiger partial charge on any atom is 0.307 e. The van der Waals surface area contributed by atoms with Gasteiger partial charge < -0.3 is 14.3 Å². The smallest absolute Gasteiger partial charge is 0.307 e. The fourth-order valence-electron chi connectivity index (χ4n) is 2.27. The summed E-state index contributed by atoms with van der Waals surface area (Å²) >= 11 is 6.71. The van der Waals surface area contributed by atoms with E-state index in [0.29, 0.717) is 28.0 Å². The fraction of sp³-hybridized carbons (Fsp3) is 0.111. The monoisotopic (exact) mass is 480 g/mol. The minimum absolute atomic E-state index is 0.0216. The summed E-state index contributed by atoms with van der Waals surface area (Å²) < 4.78 is 12.4. The maximum absolute atomic E-state index is 12.2. The Bertz CT molecular complexity index is 998. The van der Waals surface area contributed by atoms with Gasteiger partial charge in [0.2, 0.25) is 0 Å². The molecule has 3 aromatic rings. The Hall–Kier alpha value is -2.32. The lowest BCUT2D eigenvalue weighted by molar-refractivity contribution is 0.0929. The lowest BCUT2D eigenvalue weighted by Crippen LogP contribution is -2.16. The van der Waals surface area contributed by atoms with Gasteiger partial charge in [0.25, 0.3) is 0 Å². The molecule has 0 radical (unpaired) electrons. The van der Waals surface area contributed by atoms with Crippen molar-refractivity contribution < 1.29 is 19.1 Å². The molecule has 0 saturated carbocycles. The SMILES string of the molecule is CCOc1cc(C=NNC(=O)c2cc3cc(Br)ccc3o2)c(Br)cc1O. The largest absolute Gasteiger partial charge is 0.504 e. The zero-order valence-electron chi connectivity index (χ0n) is 13.6. The van der Waals surface area contributed by atoms with Crippen LogP contribution in [0.15, 0.2) is 54.9 Å². The molecule has 26 heavy (non-hydrogen) atoms. The van der Waals surface area contributed by atoms with Crippen LogP contribution in [0.4, 0.5) is 0 Å². The predicted molar refractivity (Wildman–Crippen MR) is 106 cm³/mol. The van der Waals surface area contributed by atoms with Gasteiger partial charge in [-0.2, -0.15) is 5.10 Å². The number of nitrogens with one attached hydrogen (secondary N) is 1. The number of rotatable bonds is 5. The summed E-state index contributed by atoms with van der Waals surface area (Å²) in [6.45, 7) is 2.24. The number of phenols is 1. The number of hydrazone groups is 1. The minimum atomic E-state index is -0.464. The molecular weight excluding hydrogens is 468 g/mol. The van der Waals surface area contributed by atoms with E-state index in [1.807, 2.05) is 19.1 Å². The van der Waals surface area contributed by atoms with Crippen molar-refractivity contribution in [1.29, 1.82) is 0 Å². The number of carbonyl (C=O) groups excluding carboxylic acids is 1. The number of aromatic hydroxyl groups is 1. The first kappa shape index (κ1) is 18.5. The normalized spacial score (nSPS) is 11.2. The second kappa shape index (κ2) is 7.92. The molecule has 0 atom stereocenters. The lowest BCUT2D eigenvalue weighted by atomic mass is 10.2. The van der Waals surface area contributed by atoms with Crippen LogP contribution in [0.3, 0.4) is 0 Å². The quantitative estimate of drug-likeness (QED) is 0.404. The van der Waals surface area contributed by atoms with Crippen molar-refractivity contribution in [2.75, 3.05) is 6.61 Å². The molecule has 0 aliphatic rings. The Morgan fingerprint density at radius 2 is 2.12 bits per heavy atom. The number of carbonyl (C=O) groups is 1. The van der Waals surface area contributed by atoms with Crippen LogP contribution >= 0.6 is 31.9 Å². The molecule has 2 aromatic carbocycles. The molecule has 0 aliphatic carbocycles. The highest BCUT2D eigenvalue weighted by molar-refractivity contribution is 9.10. The highest BCUT2D eigenvalue weighted by Gasteiger charge is 2.12. The molecule has 0 unspecified atom stereocenters. The van der Waals surface area contributed by atoms with E-state index in [-0.39, 0.29) is 11.5 Å². The topological polar surface area (TPSA) is 84.1 Å². The molecule has 1 amide bonds. The number of furan rings is 1. The number of amides is 1. The molecule has 0 bridgehead atoms. The van der Waals surface area contributed by atoms with Crippen molar-refractivity contribution in [1.82, 2.24) is 5.43 Å². The molecule has 6 nitrogen and oxygen atoms in total. The summed E-state index contributed by atoms with van der Waals surface area (Å²) in [5.41, 5.74) is 3.67. The summed E-state index contributed by atoms with van der Waals surface area (Å²) in [4.78, 5) is 12.2. The Kier molecular flexibility index (Phi) is 5.63. The average molecular weight is 482 g/mol.